The first-order valence-electron chi connectivity index (χ1n) is 6.70. The zero-order chi connectivity index (χ0) is 14.3. The summed E-state index contributed by atoms with van der Waals surface area (Å²) in [4.78, 5) is 0.282. The minimum absolute atomic E-state index is 0.282. The second-order valence-corrected chi connectivity index (χ2v) is 8.09. The van der Waals surface area contributed by atoms with Gasteiger partial charge in [-0.2, -0.15) is 13.1 Å². The van der Waals surface area contributed by atoms with Crippen molar-refractivity contribution in [3.8, 4) is 0 Å². The molecule has 0 aliphatic carbocycles. The van der Waals surface area contributed by atoms with E-state index in [1.54, 1.807) is 22.5 Å². The van der Waals surface area contributed by atoms with E-state index < -0.39 is 10.0 Å². The van der Waals surface area contributed by atoms with Gasteiger partial charge in [0, 0.05) is 13.1 Å². The molecular weight excluding hydrogens is 294 g/mol. The number of benzene rings is 1. The van der Waals surface area contributed by atoms with E-state index in [9.17, 15) is 8.42 Å². The Hall–Kier alpha value is -1.05. The van der Waals surface area contributed by atoms with Crippen molar-refractivity contribution < 1.29 is 8.42 Å². The molecule has 2 atom stereocenters. The fourth-order valence-corrected chi connectivity index (χ4v) is 5.36. The molecule has 7 heteroatoms. The van der Waals surface area contributed by atoms with Crippen molar-refractivity contribution in [2.75, 3.05) is 13.1 Å². The van der Waals surface area contributed by atoms with Gasteiger partial charge in [-0.3, -0.25) is 0 Å². The second-order valence-electron chi connectivity index (χ2n) is 5.66. The topological polar surface area (TPSA) is 63.2 Å². The number of aromatic nitrogens is 2. The molecule has 0 saturated carbocycles. The standard InChI is InChI=1S/C13H17N3O2S2/c1-9-6-10(2)8-16(7-9)20(17,18)12-5-3-4-11-13(12)15-19-14-11/h3-5,9-10H,6-8H2,1-2H3/t9-,10-/m1/s1. The summed E-state index contributed by atoms with van der Waals surface area (Å²) in [6.45, 7) is 5.37. The molecule has 1 saturated heterocycles. The lowest BCUT2D eigenvalue weighted by Gasteiger charge is -2.34. The summed E-state index contributed by atoms with van der Waals surface area (Å²) in [7, 11) is -3.49. The number of nitrogens with zero attached hydrogens (tertiary/aromatic N) is 3. The van der Waals surface area contributed by atoms with Crippen LogP contribution in [-0.4, -0.2) is 34.6 Å². The third-order valence-corrected chi connectivity index (χ3v) is 6.11. The SMILES string of the molecule is C[C@@H]1C[C@@H](C)CN(S(=O)(=O)c2cccc3nsnc23)C1. The van der Waals surface area contributed by atoms with Gasteiger partial charge in [-0.25, -0.2) is 8.42 Å². The van der Waals surface area contributed by atoms with Gasteiger partial charge in [-0.05, 0) is 30.4 Å². The first-order chi connectivity index (χ1) is 9.48. The Morgan fingerprint density at radius 3 is 2.60 bits per heavy atom. The number of hydrogen-bond acceptors (Lipinski definition) is 5. The van der Waals surface area contributed by atoms with Crippen LogP contribution in [0.4, 0.5) is 0 Å². The first kappa shape index (κ1) is 13.9. The molecule has 1 aromatic heterocycles. The zero-order valence-corrected chi connectivity index (χ0v) is 13.1. The third-order valence-electron chi connectivity index (χ3n) is 3.70. The quantitative estimate of drug-likeness (QED) is 0.854. The van der Waals surface area contributed by atoms with E-state index in [-0.39, 0.29) is 4.90 Å². The van der Waals surface area contributed by atoms with E-state index in [1.165, 1.54) is 0 Å². The molecule has 1 aromatic carbocycles. The molecule has 3 rings (SSSR count). The Kier molecular flexibility index (Phi) is 3.51. The van der Waals surface area contributed by atoms with E-state index >= 15 is 0 Å². The van der Waals surface area contributed by atoms with Crippen LogP contribution < -0.4 is 0 Å². The van der Waals surface area contributed by atoms with Crippen LogP contribution in [0, 0.1) is 11.8 Å². The minimum Gasteiger partial charge on any atom is -0.207 e. The van der Waals surface area contributed by atoms with Gasteiger partial charge in [0.15, 0.2) is 0 Å². The lowest BCUT2D eigenvalue weighted by Crippen LogP contribution is -2.42. The Bertz CT molecular complexity index is 716. The molecule has 0 unspecified atom stereocenters. The molecule has 5 nitrogen and oxygen atoms in total. The van der Waals surface area contributed by atoms with Gasteiger partial charge in [0.1, 0.15) is 15.9 Å². The molecule has 2 aromatic rings. The van der Waals surface area contributed by atoms with Crippen LogP contribution in [-0.2, 0) is 10.0 Å². The third kappa shape index (κ3) is 2.34. The highest BCUT2D eigenvalue weighted by atomic mass is 32.2. The second kappa shape index (κ2) is 5.05. The Morgan fingerprint density at radius 1 is 1.20 bits per heavy atom. The monoisotopic (exact) mass is 311 g/mol. The number of rotatable bonds is 2. The number of hydrogen-bond donors (Lipinski definition) is 0. The minimum atomic E-state index is -3.49. The van der Waals surface area contributed by atoms with Gasteiger partial charge in [-0.15, -0.1) is 0 Å². The van der Waals surface area contributed by atoms with Crippen LogP contribution in [0.15, 0.2) is 23.1 Å². The highest BCUT2D eigenvalue weighted by Gasteiger charge is 2.33. The maximum Gasteiger partial charge on any atom is 0.245 e. The van der Waals surface area contributed by atoms with Crippen molar-refractivity contribution in [3.63, 3.8) is 0 Å². The largest absolute Gasteiger partial charge is 0.245 e. The summed E-state index contributed by atoms with van der Waals surface area (Å²) in [5, 5.41) is 0. The van der Waals surface area contributed by atoms with Gasteiger partial charge in [0.2, 0.25) is 10.0 Å². The maximum atomic E-state index is 12.9. The van der Waals surface area contributed by atoms with Crippen molar-refractivity contribution >= 4 is 32.8 Å². The summed E-state index contributed by atoms with van der Waals surface area (Å²) in [6.07, 6.45) is 1.08. The highest BCUT2D eigenvalue weighted by molar-refractivity contribution is 7.89. The molecule has 1 fully saturated rings. The number of piperidine rings is 1. The lowest BCUT2D eigenvalue weighted by atomic mass is 9.94. The van der Waals surface area contributed by atoms with Crippen LogP contribution in [0.1, 0.15) is 20.3 Å². The smallest absolute Gasteiger partial charge is 0.207 e. The molecule has 0 amide bonds. The summed E-state index contributed by atoms with van der Waals surface area (Å²) in [6, 6.07) is 5.15. The van der Waals surface area contributed by atoms with Crippen molar-refractivity contribution in [2.45, 2.75) is 25.2 Å². The van der Waals surface area contributed by atoms with E-state index in [0.717, 1.165) is 18.1 Å². The Balaban J connectivity index is 2.05. The predicted molar refractivity (Wildman–Crippen MR) is 79.1 cm³/mol. The summed E-state index contributed by atoms with van der Waals surface area (Å²) < 4.78 is 35.6. The zero-order valence-electron chi connectivity index (χ0n) is 11.5. The fourth-order valence-electron chi connectivity index (χ4n) is 2.93. The van der Waals surface area contributed by atoms with Gasteiger partial charge < -0.3 is 0 Å². The highest BCUT2D eigenvalue weighted by Crippen LogP contribution is 2.29. The van der Waals surface area contributed by atoms with Gasteiger partial charge >= 0.3 is 0 Å². The normalized spacial score (nSPS) is 25.1. The molecule has 1 aliphatic rings. The van der Waals surface area contributed by atoms with Gasteiger partial charge in [0.25, 0.3) is 0 Å². The van der Waals surface area contributed by atoms with Crippen LogP contribution in [0.3, 0.4) is 0 Å². The molecule has 0 N–H and O–H groups in total. The molecule has 0 spiro atoms. The molecule has 108 valence electrons. The van der Waals surface area contributed by atoms with E-state index in [2.05, 4.69) is 22.6 Å². The summed E-state index contributed by atoms with van der Waals surface area (Å²) in [5.41, 5.74) is 1.14. The molecule has 20 heavy (non-hydrogen) atoms. The van der Waals surface area contributed by atoms with E-state index in [1.807, 2.05) is 0 Å². The summed E-state index contributed by atoms with van der Waals surface area (Å²) >= 11 is 1.05. The Labute approximate surface area is 123 Å². The molecule has 0 radical (unpaired) electrons. The lowest BCUT2D eigenvalue weighted by molar-refractivity contribution is 0.222. The van der Waals surface area contributed by atoms with Crippen molar-refractivity contribution in [1.29, 1.82) is 0 Å². The molecule has 1 aliphatic heterocycles. The first-order valence-corrected chi connectivity index (χ1v) is 8.87. The van der Waals surface area contributed by atoms with Crippen LogP contribution >= 0.6 is 11.7 Å². The van der Waals surface area contributed by atoms with Gasteiger partial charge in [0.05, 0.1) is 11.7 Å². The van der Waals surface area contributed by atoms with Crippen molar-refractivity contribution in [2.24, 2.45) is 11.8 Å². The number of sulfonamides is 1. The molecule has 2 heterocycles. The summed E-state index contributed by atoms with van der Waals surface area (Å²) in [5.74, 6) is 0.780. The van der Waals surface area contributed by atoms with E-state index in [4.69, 9.17) is 0 Å². The number of fused-ring (bicyclic) bond motifs is 1. The molecular formula is C13H17N3O2S2. The van der Waals surface area contributed by atoms with Crippen LogP contribution in [0.2, 0.25) is 0 Å². The predicted octanol–water partition coefficient (Wildman–Crippen LogP) is 2.36. The Morgan fingerprint density at radius 2 is 1.90 bits per heavy atom. The van der Waals surface area contributed by atoms with Gasteiger partial charge in [-0.1, -0.05) is 19.9 Å². The average Bonchev–Trinajstić information content (AvgIpc) is 2.85. The average molecular weight is 311 g/mol. The van der Waals surface area contributed by atoms with E-state index in [0.29, 0.717) is 36.0 Å². The van der Waals surface area contributed by atoms with Crippen LogP contribution in [0.5, 0.6) is 0 Å². The molecule has 0 bridgehead atoms. The van der Waals surface area contributed by atoms with Crippen molar-refractivity contribution in [1.82, 2.24) is 13.1 Å². The fraction of sp³-hybridized carbons (Fsp3) is 0.538. The van der Waals surface area contributed by atoms with Crippen molar-refractivity contribution in [3.05, 3.63) is 18.2 Å². The van der Waals surface area contributed by atoms with Crippen LogP contribution in [0.25, 0.3) is 11.0 Å². The maximum absolute atomic E-state index is 12.9.